The summed E-state index contributed by atoms with van der Waals surface area (Å²) in [6, 6.07) is 7.57. The van der Waals surface area contributed by atoms with Crippen LogP contribution in [0.15, 0.2) is 58.8 Å². The molecular weight excluding hydrogens is 416 g/mol. The van der Waals surface area contributed by atoms with E-state index in [9.17, 15) is 27.1 Å². The first-order valence-electron chi connectivity index (χ1n) is 9.27. The molecule has 2 aliphatic rings. The lowest BCUT2D eigenvalue weighted by molar-refractivity contribution is -0.135. The van der Waals surface area contributed by atoms with Crippen molar-refractivity contribution in [2.45, 2.75) is 10.9 Å². The van der Waals surface area contributed by atoms with E-state index < -0.39 is 40.1 Å². The molecule has 3 heterocycles. The van der Waals surface area contributed by atoms with Crippen molar-refractivity contribution in [2.75, 3.05) is 32.8 Å². The number of rotatable bonds is 5. The van der Waals surface area contributed by atoms with Crippen molar-refractivity contribution in [3.8, 4) is 0 Å². The van der Waals surface area contributed by atoms with Gasteiger partial charge in [-0.15, -0.1) is 0 Å². The first-order valence-corrected chi connectivity index (χ1v) is 10.7. The van der Waals surface area contributed by atoms with Crippen molar-refractivity contribution in [3.63, 3.8) is 0 Å². The van der Waals surface area contributed by atoms with Crippen molar-refractivity contribution in [1.29, 1.82) is 0 Å². The lowest BCUT2D eigenvalue weighted by atomic mass is 9.92. The fraction of sp³-hybridized carbons (Fsp3) is 0.300. The topological polar surface area (TPSA) is 90.8 Å². The van der Waals surface area contributed by atoms with E-state index in [4.69, 9.17) is 0 Å². The van der Waals surface area contributed by atoms with Crippen molar-refractivity contribution in [1.82, 2.24) is 14.2 Å². The van der Waals surface area contributed by atoms with Gasteiger partial charge in [0.2, 0.25) is 5.91 Å². The number of carbonyl (C=O) groups is 1. The van der Waals surface area contributed by atoms with Gasteiger partial charge in [-0.3, -0.25) is 4.79 Å². The maximum Gasteiger partial charge on any atom is 0.261 e. The van der Waals surface area contributed by atoms with Crippen LogP contribution in [-0.4, -0.2) is 66.4 Å². The van der Waals surface area contributed by atoms with Crippen LogP contribution < -0.4 is 0 Å². The Balaban J connectivity index is 1.39. The maximum absolute atomic E-state index is 14.0. The van der Waals surface area contributed by atoms with Crippen molar-refractivity contribution >= 4 is 15.9 Å². The summed E-state index contributed by atoms with van der Waals surface area (Å²) in [5.41, 5.74) is 1.83. The summed E-state index contributed by atoms with van der Waals surface area (Å²) in [5, 5.41) is 9.57. The van der Waals surface area contributed by atoms with E-state index in [-0.39, 0.29) is 23.7 Å². The third-order valence-corrected chi connectivity index (χ3v) is 7.08. The monoisotopic (exact) mass is 435 g/mol. The largest absolute Gasteiger partial charge is 0.395 e. The molecule has 7 nitrogen and oxygen atoms in total. The number of aliphatic hydroxyl groups is 1. The molecular formula is C20H19F2N3O4S. The van der Waals surface area contributed by atoms with E-state index >= 15 is 0 Å². The van der Waals surface area contributed by atoms with E-state index in [0.29, 0.717) is 19.2 Å². The molecule has 2 aliphatic heterocycles. The Labute approximate surface area is 172 Å². The van der Waals surface area contributed by atoms with Crippen LogP contribution in [-0.2, 0) is 14.8 Å². The van der Waals surface area contributed by atoms with Gasteiger partial charge in [-0.2, -0.15) is 4.31 Å². The zero-order valence-corrected chi connectivity index (χ0v) is 16.6. The molecule has 0 radical (unpaired) electrons. The highest BCUT2D eigenvalue weighted by atomic mass is 32.2. The number of aliphatic hydroxyl groups excluding tert-OH is 1. The van der Waals surface area contributed by atoms with Gasteiger partial charge in [0.15, 0.2) is 5.03 Å². The zero-order chi connectivity index (χ0) is 21.5. The number of nitrogens with zero attached hydrogens (tertiary/aromatic N) is 3. The molecule has 0 aliphatic carbocycles. The molecule has 1 aromatic heterocycles. The summed E-state index contributed by atoms with van der Waals surface area (Å²) in [7, 11) is -3.64. The lowest BCUT2D eigenvalue weighted by Crippen LogP contribution is -2.52. The van der Waals surface area contributed by atoms with Gasteiger partial charge < -0.3 is 10.0 Å². The Morgan fingerprint density at radius 2 is 1.80 bits per heavy atom. The van der Waals surface area contributed by atoms with E-state index in [1.165, 1.54) is 21.5 Å². The van der Waals surface area contributed by atoms with Crippen LogP contribution in [0.3, 0.4) is 0 Å². The molecule has 2 aromatic rings. The minimum Gasteiger partial charge on any atom is -0.395 e. The summed E-state index contributed by atoms with van der Waals surface area (Å²) >= 11 is 0. The highest BCUT2D eigenvalue weighted by Crippen LogP contribution is 2.31. The van der Waals surface area contributed by atoms with Crippen LogP contribution in [0.5, 0.6) is 0 Å². The van der Waals surface area contributed by atoms with Crippen LogP contribution in [0.4, 0.5) is 8.78 Å². The number of aromatic nitrogens is 1. The molecule has 0 spiro atoms. The Kier molecular flexibility index (Phi) is 5.39. The van der Waals surface area contributed by atoms with Crippen molar-refractivity contribution in [2.24, 2.45) is 0 Å². The highest BCUT2D eigenvalue weighted by molar-refractivity contribution is 7.89. The number of pyridine rings is 1. The molecule has 30 heavy (non-hydrogen) atoms. The van der Waals surface area contributed by atoms with Crippen LogP contribution in [0.25, 0.3) is 0 Å². The second-order valence-electron chi connectivity index (χ2n) is 7.24. The first-order chi connectivity index (χ1) is 14.3. The minimum atomic E-state index is -3.64. The molecule has 4 rings (SSSR count). The van der Waals surface area contributed by atoms with E-state index in [1.807, 2.05) is 0 Å². The van der Waals surface area contributed by atoms with E-state index in [1.54, 1.807) is 12.1 Å². The number of benzene rings is 1. The molecule has 1 N–H and O–H groups in total. The average molecular weight is 435 g/mol. The minimum absolute atomic E-state index is 0.00780. The smallest absolute Gasteiger partial charge is 0.261 e. The summed E-state index contributed by atoms with van der Waals surface area (Å²) in [6.07, 6.45) is 1.42. The van der Waals surface area contributed by atoms with E-state index in [0.717, 1.165) is 23.3 Å². The third kappa shape index (κ3) is 3.62. The van der Waals surface area contributed by atoms with Gasteiger partial charge >= 0.3 is 0 Å². The number of hydrogen-bond donors (Lipinski definition) is 1. The second-order valence-corrected chi connectivity index (χ2v) is 9.13. The van der Waals surface area contributed by atoms with Gasteiger partial charge in [0.05, 0.1) is 12.5 Å². The fourth-order valence-electron chi connectivity index (χ4n) is 3.51. The van der Waals surface area contributed by atoms with Crippen molar-refractivity contribution in [3.05, 3.63) is 70.9 Å². The van der Waals surface area contributed by atoms with Gasteiger partial charge in [0.25, 0.3) is 10.0 Å². The molecule has 1 aromatic carbocycles. The average Bonchev–Trinajstić information content (AvgIpc) is 2.65. The lowest BCUT2D eigenvalue weighted by Gasteiger charge is -2.42. The maximum atomic E-state index is 14.0. The molecule has 1 atom stereocenters. The molecule has 0 saturated carbocycles. The van der Waals surface area contributed by atoms with Gasteiger partial charge in [0.1, 0.15) is 11.6 Å². The van der Waals surface area contributed by atoms with Crippen molar-refractivity contribution < 1.29 is 27.1 Å². The third-order valence-electron chi connectivity index (χ3n) is 5.37. The number of amides is 1. The van der Waals surface area contributed by atoms with Crippen LogP contribution in [0.2, 0.25) is 0 Å². The first kappa shape index (κ1) is 20.6. The van der Waals surface area contributed by atoms with Gasteiger partial charge in [-0.05, 0) is 29.3 Å². The molecule has 2 fully saturated rings. The predicted octanol–water partition coefficient (Wildman–Crippen LogP) is 1.28. The van der Waals surface area contributed by atoms with Gasteiger partial charge in [0, 0.05) is 44.0 Å². The van der Waals surface area contributed by atoms with Crippen LogP contribution >= 0.6 is 0 Å². The fourth-order valence-corrected chi connectivity index (χ4v) is 4.87. The number of hydrogen-bond acceptors (Lipinski definition) is 5. The standard InChI is InChI=1S/C20H19F2N3O4S/c21-15-4-5-16(18(22)7-15)17(12-26)20(27)24-8-13(9-24)14-10-25(11-14)30(28,29)19-3-1-2-6-23-19/h1-7,17,26H,8-12H2. The Morgan fingerprint density at radius 3 is 2.40 bits per heavy atom. The summed E-state index contributed by atoms with van der Waals surface area (Å²) in [6.45, 7) is 0.481. The van der Waals surface area contributed by atoms with E-state index in [2.05, 4.69) is 4.98 Å². The number of sulfonamides is 1. The second kappa shape index (κ2) is 7.86. The Morgan fingerprint density at radius 1 is 1.10 bits per heavy atom. The quantitative estimate of drug-likeness (QED) is 0.715. The molecule has 10 heteroatoms. The molecule has 158 valence electrons. The number of likely N-dealkylation sites (tertiary alicyclic amines) is 1. The number of carbonyl (C=O) groups excluding carboxylic acids is 1. The zero-order valence-electron chi connectivity index (χ0n) is 15.8. The molecule has 1 unspecified atom stereocenters. The number of halogens is 2. The molecule has 1 amide bonds. The predicted molar refractivity (Wildman–Crippen MR) is 103 cm³/mol. The summed E-state index contributed by atoms with van der Waals surface area (Å²) < 4.78 is 53.4. The SMILES string of the molecule is O=C(C(CO)c1ccc(F)cc1F)N1CC(=C2CN(S(=O)(=O)c3ccccn3)C2)C1. The van der Waals surface area contributed by atoms with Crippen LogP contribution in [0, 0.1) is 11.6 Å². The summed E-state index contributed by atoms with van der Waals surface area (Å²) in [4.78, 5) is 18.0. The highest BCUT2D eigenvalue weighted by Gasteiger charge is 2.39. The van der Waals surface area contributed by atoms with Crippen LogP contribution in [0.1, 0.15) is 11.5 Å². The molecule has 0 bridgehead atoms. The Bertz CT molecular complexity index is 1110. The summed E-state index contributed by atoms with van der Waals surface area (Å²) in [5.74, 6) is -3.20. The van der Waals surface area contributed by atoms with Gasteiger partial charge in [-0.1, -0.05) is 12.1 Å². The molecule has 2 saturated heterocycles. The van der Waals surface area contributed by atoms with Gasteiger partial charge in [-0.25, -0.2) is 22.2 Å². The normalized spacial score (nSPS) is 18.0. The Hall–Kier alpha value is -2.69.